The number of benzene rings is 2. The van der Waals surface area contributed by atoms with Crippen molar-refractivity contribution in [2.45, 2.75) is 11.1 Å². The van der Waals surface area contributed by atoms with Crippen LogP contribution in [-0.4, -0.2) is 74.0 Å². The number of halogens is 3. The average molecular weight is 549 g/mol. The predicted octanol–water partition coefficient (Wildman–Crippen LogP) is 2.67. The van der Waals surface area contributed by atoms with Gasteiger partial charge in [-0.15, -0.1) is 0 Å². The van der Waals surface area contributed by atoms with Crippen molar-refractivity contribution in [1.82, 2.24) is 14.8 Å². The summed E-state index contributed by atoms with van der Waals surface area (Å²) in [7, 11) is -3.86. The van der Waals surface area contributed by atoms with Crippen molar-refractivity contribution in [3.05, 3.63) is 65.9 Å². The lowest BCUT2D eigenvalue weighted by Crippen LogP contribution is -2.36. The smallest absolute Gasteiger partial charge is 0.422 e. The largest absolute Gasteiger partial charge is 0.468 e. The first-order valence-electron chi connectivity index (χ1n) is 11.7. The molecule has 2 atom stereocenters. The van der Waals surface area contributed by atoms with Gasteiger partial charge in [-0.25, -0.2) is 18.5 Å². The number of fused-ring (bicyclic) bond motifs is 2. The number of nitrogens with two attached hydrogens (primary N) is 1. The number of carbonyl (C=O) groups is 2. The van der Waals surface area contributed by atoms with Gasteiger partial charge >= 0.3 is 6.18 Å². The van der Waals surface area contributed by atoms with Crippen LogP contribution in [0.4, 0.5) is 13.2 Å². The Labute approximate surface area is 216 Å². The number of sulfonamides is 1. The van der Waals surface area contributed by atoms with Gasteiger partial charge in [0.15, 0.2) is 6.61 Å². The summed E-state index contributed by atoms with van der Waals surface area (Å²) in [4.78, 5) is 33.5. The van der Waals surface area contributed by atoms with Crippen LogP contribution in [0.25, 0.3) is 10.8 Å². The molecular weight excluding hydrogens is 525 g/mol. The summed E-state index contributed by atoms with van der Waals surface area (Å²) in [5.41, 5.74) is 0.320. The topological polar surface area (TPSA) is 123 Å². The van der Waals surface area contributed by atoms with E-state index < -0.39 is 28.7 Å². The Morgan fingerprint density at radius 1 is 0.947 bits per heavy atom. The maximum absolute atomic E-state index is 13.3. The molecule has 2 amide bonds. The summed E-state index contributed by atoms with van der Waals surface area (Å²) >= 11 is 0. The highest BCUT2D eigenvalue weighted by molar-refractivity contribution is 7.89. The number of hydrogen-bond acceptors (Lipinski definition) is 6. The van der Waals surface area contributed by atoms with Gasteiger partial charge in [-0.05, 0) is 41.8 Å². The molecule has 0 saturated carbocycles. The Morgan fingerprint density at radius 2 is 1.53 bits per heavy atom. The highest BCUT2D eigenvalue weighted by Gasteiger charge is 2.43. The van der Waals surface area contributed by atoms with Gasteiger partial charge in [0, 0.05) is 49.0 Å². The Kier molecular flexibility index (Phi) is 6.51. The first-order chi connectivity index (χ1) is 17.9. The van der Waals surface area contributed by atoms with E-state index in [2.05, 4.69) is 4.98 Å². The van der Waals surface area contributed by atoms with Crippen LogP contribution in [0.15, 0.2) is 59.5 Å². The highest BCUT2D eigenvalue weighted by Crippen LogP contribution is 2.34. The highest BCUT2D eigenvalue weighted by atomic mass is 32.2. The maximum Gasteiger partial charge on any atom is 0.422 e. The number of ether oxygens (including phenoxy) is 1. The van der Waals surface area contributed by atoms with E-state index in [0.29, 0.717) is 42.5 Å². The molecule has 2 N–H and O–H groups in total. The second kappa shape index (κ2) is 9.55. The fourth-order valence-corrected chi connectivity index (χ4v) is 5.51. The molecule has 2 fully saturated rings. The molecule has 2 unspecified atom stereocenters. The maximum atomic E-state index is 13.3. The van der Waals surface area contributed by atoms with E-state index in [1.54, 1.807) is 34.1 Å². The van der Waals surface area contributed by atoms with Crippen LogP contribution in [0.1, 0.15) is 20.8 Å². The fourth-order valence-electron chi connectivity index (χ4n) is 4.99. The summed E-state index contributed by atoms with van der Waals surface area (Å²) in [6.07, 6.45) is -4.55. The molecule has 0 bridgehead atoms. The van der Waals surface area contributed by atoms with Crippen molar-refractivity contribution in [3.8, 4) is 5.88 Å². The Bertz CT molecular complexity index is 1500. The van der Waals surface area contributed by atoms with Crippen molar-refractivity contribution in [3.63, 3.8) is 0 Å². The van der Waals surface area contributed by atoms with Gasteiger partial charge < -0.3 is 14.5 Å². The Hall–Kier alpha value is -3.71. The number of likely N-dealkylation sites (tertiary alicyclic amines) is 2. The zero-order valence-corrected chi connectivity index (χ0v) is 20.7. The molecule has 5 rings (SSSR count). The van der Waals surface area contributed by atoms with Gasteiger partial charge in [-0.1, -0.05) is 18.2 Å². The number of hydrogen-bond donors (Lipinski definition) is 1. The van der Waals surface area contributed by atoms with Crippen molar-refractivity contribution in [2.24, 2.45) is 17.0 Å². The summed E-state index contributed by atoms with van der Waals surface area (Å²) < 4.78 is 66.1. The third-order valence-corrected chi connectivity index (χ3v) is 7.72. The van der Waals surface area contributed by atoms with Crippen LogP contribution in [0, 0.1) is 11.8 Å². The van der Waals surface area contributed by atoms with E-state index in [0.717, 1.165) is 0 Å². The van der Waals surface area contributed by atoms with Crippen molar-refractivity contribution in [2.75, 3.05) is 32.8 Å². The van der Waals surface area contributed by atoms with E-state index in [4.69, 9.17) is 9.88 Å². The van der Waals surface area contributed by atoms with Crippen LogP contribution in [0.5, 0.6) is 5.88 Å². The molecule has 3 aromatic rings. The van der Waals surface area contributed by atoms with Gasteiger partial charge in [0.2, 0.25) is 15.9 Å². The molecule has 0 radical (unpaired) electrons. The molecule has 0 spiro atoms. The lowest BCUT2D eigenvalue weighted by Gasteiger charge is -2.22. The van der Waals surface area contributed by atoms with E-state index in [-0.39, 0.29) is 34.2 Å². The van der Waals surface area contributed by atoms with Gasteiger partial charge in [0.05, 0.1) is 4.90 Å². The molecule has 0 aliphatic carbocycles. The lowest BCUT2D eigenvalue weighted by atomic mass is 10.0. The monoisotopic (exact) mass is 548 g/mol. The fraction of sp³-hybridized carbons (Fsp3) is 0.320. The SMILES string of the molecule is NS(=O)(=O)c1ccc(C(=O)N2CC3CN(C(=O)c4cc5ccccc5c(OCC(F)(F)F)n4)CC3C2)cc1. The number of nitrogens with zero attached hydrogens (tertiary/aromatic N) is 3. The molecule has 3 heterocycles. The molecule has 2 saturated heterocycles. The summed E-state index contributed by atoms with van der Waals surface area (Å²) in [5.74, 6) is -0.881. The van der Waals surface area contributed by atoms with Crippen molar-refractivity contribution in [1.29, 1.82) is 0 Å². The molecule has 2 aliphatic rings. The van der Waals surface area contributed by atoms with E-state index in [1.165, 1.54) is 30.3 Å². The molecule has 2 aromatic carbocycles. The second-order valence-electron chi connectivity index (χ2n) is 9.45. The predicted molar refractivity (Wildman–Crippen MR) is 130 cm³/mol. The van der Waals surface area contributed by atoms with Crippen LogP contribution in [0.2, 0.25) is 0 Å². The van der Waals surface area contributed by atoms with Gasteiger partial charge in [-0.2, -0.15) is 13.2 Å². The molecule has 13 heteroatoms. The number of amides is 2. The number of pyridine rings is 1. The van der Waals surface area contributed by atoms with Crippen molar-refractivity contribution >= 4 is 32.6 Å². The summed E-state index contributed by atoms with van der Waals surface area (Å²) in [6, 6.07) is 13.5. The van der Waals surface area contributed by atoms with Crippen LogP contribution in [-0.2, 0) is 10.0 Å². The summed E-state index contributed by atoms with van der Waals surface area (Å²) in [5, 5.41) is 6.01. The first-order valence-corrected chi connectivity index (χ1v) is 13.2. The third kappa shape index (κ3) is 5.29. The zero-order chi connectivity index (χ0) is 27.2. The number of aromatic nitrogens is 1. The molecule has 1 aromatic heterocycles. The minimum Gasteiger partial charge on any atom is -0.468 e. The number of primary sulfonamides is 1. The quantitative estimate of drug-likeness (QED) is 0.523. The van der Waals surface area contributed by atoms with Crippen LogP contribution < -0.4 is 9.88 Å². The standard InChI is InChI=1S/C25H23F3N4O5S/c26-25(27,28)14-37-22-20-4-2-1-3-16(20)9-21(30-22)24(34)32-12-17-10-31(11-18(17)13-32)23(33)15-5-7-19(8-6-15)38(29,35)36/h1-9,17-18H,10-14H2,(H2,29,35,36). The average Bonchev–Trinajstić information content (AvgIpc) is 3.45. The van der Waals surface area contributed by atoms with Crippen LogP contribution >= 0.6 is 0 Å². The number of carbonyl (C=O) groups excluding carboxylic acids is 2. The molecule has 9 nitrogen and oxygen atoms in total. The minimum atomic E-state index is -4.55. The van der Waals surface area contributed by atoms with E-state index >= 15 is 0 Å². The molecular formula is C25H23F3N4O5S. The molecule has 38 heavy (non-hydrogen) atoms. The third-order valence-electron chi connectivity index (χ3n) is 6.79. The minimum absolute atomic E-state index is 0.0104. The first kappa shape index (κ1) is 25.9. The van der Waals surface area contributed by atoms with E-state index in [1.807, 2.05) is 0 Å². The number of alkyl halides is 3. The summed E-state index contributed by atoms with van der Waals surface area (Å²) in [6.45, 7) is 0.0323. The zero-order valence-electron chi connectivity index (χ0n) is 19.9. The Morgan fingerprint density at radius 3 is 2.11 bits per heavy atom. The molecule has 200 valence electrons. The van der Waals surface area contributed by atoms with E-state index in [9.17, 15) is 31.2 Å². The van der Waals surface area contributed by atoms with Gasteiger partial charge in [-0.3, -0.25) is 9.59 Å². The van der Waals surface area contributed by atoms with Crippen molar-refractivity contribution < 1.29 is 35.9 Å². The normalized spacial score (nSPS) is 19.6. The van der Waals surface area contributed by atoms with Crippen LogP contribution in [0.3, 0.4) is 0 Å². The lowest BCUT2D eigenvalue weighted by molar-refractivity contribution is -0.153. The molecule has 2 aliphatic heterocycles. The van der Waals surface area contributed by atoms with Gasteiger partial charge in [0.25, 0.3) is 11.8 Å². The second-order valence-corrected chi connectivity index (χ2v) is 11.0. The van der Waals surface area contributed by atoms with Gasteiger partial charge in [0.1, 0.15) is 5.69 Å². The Balaban J connectivity index is 1.27. The number of rotatable bonds is 5.